The molecule has 4 heterocycles. The summed E-state index contributed by atoms with van der Waals surface area (Å²) in [4.78, 5) is 65.5. The summed E-state index contributed by atoms with van der Waals surface area (Å²) >= 11 is 0. The van der Waals surface area contributed by atoms with Crippen LogP contribution in [0.1, 0.15) is 76.9 Å². The molecule has 7 rings (SSSR count). The van der Waals surface area contributed by atoms with E-state index in [4.69, 9.17) is 5.10 Å². The first-order chi connectivity index (χ1) is 19.4. The molecule has 0 spiro atoms. The fraction of sp³-hybridized carbons (Fsp3) is 0.379. The fourth-order valence-electron chi connectivity index (χ4n) is 5.99. The molecule has 40 heavy (non-hydrogen) atoms. The average Bonchev–Trinajstić information content (AvgIpc) is 3.62. The summed E-state index contributed by atoms with van der Waals surface area (Å²) in [6, 6.07) is 9.57. The first kappa shape index (κ1) is 24.5. The smallest absolute Gasteiger partial charge is 0.262 e. The first-order valence-corrected chi connectivity index (χ1v) is 13.7. The van der Waals surface area contributed by atoms with Gasteiger partial charge in [0.05, 0.1) is 28.6 Å². The van der Waals surface area contributed by atoms with Crippen molar-refractivity contribution < 1.29 is 19.2 Å². The first-order valence-electron chi connectivity index (χ1n) is 13.7. The van der Waals surface area contributed by atoms with Crippen molar-refractivity contribution in [2.24, 2.45) is 5.92 Å². The van der Waals surface area contributed by atoms with Gasteiger partial charge < -0.3 is 10.3 Å². The largest absolute Gasteiger partial charge is 0.385 e. The van der Waals surface area contributed by atoms with Crippen LogP contribution in [0, 0.1) is 5.92 Å². The van der Waals surface area contributed by atoms with Crippen LogP contribution in [0.2, 0.25) is 0 Å². The third-order valence-corrected chi connectivity index (χ3v) is 8.40. The van der Waals surface area contributed by atoms with Crippen LogP contribution in [0.5, 0.6) is 0 Å². The summed E-state index contributed by atoms with van der Waals surface area (Å²) in [6.45, 7) is 0.712. The number of pyridine rings is 1. The highest BCUT2D eigenvalue weighted by Gasteiger charge is 2.44. The number of aromatic nitrogens is 3. The highest BCUT2D eigenvalue weighted by Crippen LogP contribution is 2.45. The molecule has 2 saturated carbocycles. The number of benzene rings is 1. The lowest BCUT2D eigenvalue weighted by molar-refractivity contribution is -0.136. The molecular weight excluding hydrogens is 512 g/mol. The summed E-state index contributed by atoms with van der Waals surface area (Å²) in [5.74, 6) is -1.16. The number of anilines is 1. The third-order valence-electron chi connectivity index (χ3n) is 8.40. The van der Waals surface area contributed by atoms with Crippen LogP contribution in [0.4, 0.5) is 5.69 Å². The van der Waals surface area contributed by atoms with Gasteiger partial charge in [0.1, 0.15) is 6.04 Å². The molecule has 0 bridgehead atoms. The molecule has 3 aromatic rings. The summed E-state index contributed by atoms with van der Waals surface area (Å²) in [5.41, 5.74) is 4.02. The lowest BCUT2D eigenvalue weighted by atomic mass is 9.80. The zero-order chi connectivity index (χ0) is 27.5. The normalized spacial score (nSPS) is 24.1. The topological polar surface area (TPSA) is 146 Å². The molecule has 4 amide bonds. The van der Waals surface area contributed by atoms with E-state index in [2.05, 4.69) is 21.8 Å². The highest BCUT2D eigenvalue weighted by molar-refractivity contribution is 6.23. The van der Waals surface area contributed by atoms with E-state index in [-0.39, 0.29) is 35.6 Å². The lowest BCUT2D eigenvalue weighted by Gasteiger charge is -2.35. The van der Waals surface area contributed by atoms with Crippen molar-refractivity contribution >= 4 is 29.3 Å². The number of hydrogen-bond acceptors (Lipinski definition) is 7. The zero-order valence-corrected chi connectivity index (χ0v) is 21.7. The van der Waals surface area contributed by atoms with Gasteiger partial charge in [-0.15, -0.1) is 0 Å². The Hall–Kier alpha value is -4.54. The van der Waals surface area contributed by atoms with Crippen LogP contribution < -0.4 is 16.2 Å². The van der Waals surface area contributed by atoms with Gasteiger partial charge in [0.2, 0.25) is 17.4 Å². The number of aromatic amines is 1. The molecule has 3 fully saturated rings. The van der Waals surface area contributed by atoms with Gasteiger partial charge >= 0.3 is 0 Å². The Bertz CT molecular complexity index is 1630. The molecule has 11 nitrogen and oxygen atoms in total. The standard InChI is InChI=1S/C29H28N6O5/c36-24-3-1-2-22(31-24)21-14-34(33-26(21)16-4-5-16)18-10-15(11-18)13-30-17-6-7-19-20(12-17)29(40)35(28(19)39)23-8-9-25(37)32-27(23)38/h1-3,6-7,12,14-16,18,23,30H,4-5,8-11,13H2,(H,31,36)(H,32,37,38). The molecule has 11 heteroatoms. The Morgan fingerprint density at radius 3 is 2.48 bits per heavy atom. The zero-order valence-electron chi connectivity index (χ0n) is 21.7. The number of rotatable bonds is 7. The van der Waals surface area contributed by atoms with Gasteiger partial charge in [-0.2, -0.15) is 5.10 Å². The van der Waals surface area contributed by atoms with E-state index in [0.29, 0.717) is 18.4 Å². The Morgan fingerprint density at radius 1 is 0.925 bits per heavy atom. The predicted octanol–water partition coefficient (Wildman–Crippen LogP) is 2.58. The molecular formula is C29H28N6O5. The number of H-pyrrole nitrogens is 1. The minimum Gasteiger partial charge on any atom is -0.385 e. The molecule has 4 aliphatic rings. The number of imide groups is 2. The molecule has 1 saturated heterocycles. The maximum Gasteiger partial charge on any atom is 0.262 e. The fourth-order valence-corrected chi connectivity index (χ4v) is 5.99. The number of hydrogen-bond donors (Lipinski definition) is 3. The van der Waals surface area contributed by atoms with E-state index in [1.165, 1.54) is 6.07 Å². The van der Waals surface area contributed by atoms with Gasteiger partial charge in [-0.25, -0.2) is 0 Å². The van der Waals surface area contributed by atoms with E-state index in [0.717, 1.165) is 53.2 Å². The summed E-state index contributed by atoms with van der Waals surface area (Å²) in [6.07, 6.45) is 6.44. The number of piperidine rings is 1. The van der Waals surface area contributed by atoms with E-state index in [9.17, 15) is 24.0 Å². The van der Waals surface area contributed by atoms with E-state index < -0.39 is 29.7 Å². The molecule has 2 aliphatic carbocycles. The summed E-state index contributed by atoms with van der Waals surface area (Å²) in [7, 11) is 0. The van der Waals surface area contributed by atoms with Crippen molar-refractivity contribution in [3.05, 3.63) is 69.8 Å². The average molecular weight is 541 g/mol. The second kappa shape index (κ2) is 9.29. The van der Waals surface area contributed by atoms with Crippen LogP contribution in [0.25, 0.3) is 11.3 Å². The molecule has 2 aliphatic heterocycles. The summed E-state index contributed by atoms with van der Waals surface area (Å²) < 4.78 is 2.05. The van der Waals surface area contributed by atoms with E-state index in [1.54, 1.807) is 24.3 Å². The van der Waals surface area contributed by atoms with Crippen LogP contribution in [-0.2, 0) is 9.59 Å². The molecule has 0 radical (unpaired) electrons. The maximum atomic E-state index is 13.1. The van der Waals surface area contributed by atoms with Crippen LogP contribution >= 0.6 is 0 Å². The monoisotopic (exact) mass is 540 g/mol. The highest BCUT2D eigenvalue weighted by atomic mass is 16.2. The van der Waals surface area contributed by atoms with Crippen LogP contribution in [0.3, 0.4) is 0 Å². The predicted molar refractivity (Wildman–Crippen MR) is 144 cm³/mol. The Kier molecular flexibility index (Phi) is 5.69. The van der Waals surface area contributed by atoms with Gasteiger partial charge in [-0.3, -0.25) is 38.9 Å². The molecule has 2 aromatic heterocycles. The number of fused-ring (bicyclic) bond motifs is 1. The quantitative estimate of drug-likeness (QED) is 0.391. The van der Waals surface area contributed by atoms with Crippen molar-refractivity contribution in [1.82, 2.24) is 25.0 Å². The van der Waals surface area contributed by atoms with Crippen molar-refractivity contribution in [3.63, 3.8) is 0 Å². The van der Waals surface area contributed by atoms with E-state index in [1.807, 2.05) is 10.7 Å². The minimum atomic E-state index is -0.973. The molecule has 1 atom stereocenters. The number of carbonyl (C=O) groups is 4. The van der Waals surface area contributed by atoms with Crippen LogP contribution in [-0.4, -0.2) is 55.9 Å². The minimum absolute atomic E-state index is 0.0898. The van der Waals surface area contributed by atoms with Crippen molar-refractivity contribution in [3.8, 4) is 11.3 Å². The number of amides is 4. The molecule has 204 valence electrons. The SMILES string of the molecule is O=C1CCC(N2C(=O)c3ccc(NCC4CC(n5cc(-c6cccc(=O)[nH]6)c(C6CC6)n5)C4)cc3C2=O)C(=O)N1. The Balaban J connectivity index is 0.992. The molecule has 3 N–H and O–H groups in total. The van der Waals surface area contributed by atoms with Gasteiger partial charge in [0.25, 0.3) is 11.8 Å². The van der Waals surface area contributed by atoms with Gasteiger partial charge in [-0.1, -0.05) is 6.07 Å². The van der Waals surface area contributed by atoms with E-state index >= 15 is 0 Å². The summed E-state index contributed by atoms with van der Waals surface area (Å²) in [5, 5.41) is 10.5. The van der Waals surface area contributed by atoms with Gasteiger partial charge in [-0.05, 0) is 62.3 Å². The van der Waals surface area contributed by atoms with Gasteiger partial charge in [0.15, 0.2) is 0 Å². The molecule has 1 unspecified atom stereocenters. The second-order valence-electron chi connectivity index (χ2n) is 11.2. The third kappa shape index (κ3) is 4.21. The Morgan fingerprint density at radius 2 is 1.73 bits per heavy atom. The van der Waals surface area contributed by atoms with Gasteiger partial charge in [0, 0.05) is 42.4 Å². The molecule has 1 aromatic carbocycles. The lowest BCUT2D eigenvalue weighted by Crippen LogP contribution is -2.54. The Labute approximate surface area is 228 Å². The van der Waals surface area contributed by atoms with Crippen molar-refractivity contribution in [2.75, 3.05) is 11.9 Å². The number of nitrogens with one attached hydrogen (secondary N) is 3. The van der Waals surface area contributed by atoms with Crippen molar-refractivity contribution in [1.29, 1.82) is 0 Å². The van der Waals surface area contributed by atoms with Crippen molar-refractivity contribution in [2.45, 2.75) is 56.5 Å². The number of carbonyl (C=O) groups excluding carboxylic acids is 4. The number of nitrogens with zero attached hydrogens (tertiary/aromatic N) is 3. The maximum absolute atomic E-state index is 13.1. The van der Waals surface area contributed by atoms with Crippen LogP contribution in [0.15, 0.2) is 47.4 Å². The second-order valence-corrected chi connectivity index (χ2v) is 11.2.